The number of nitrogens with zero attached hydrogens (tertiary/aromatic N) is 1. The SMILES string of the molecule is N#CCc1ccc(CC(=O)Cl)cc1. The zero-order valence-corrected chi connectivity index (χ0v) is 7.71. The summed E-state index contributed by atoms with van der Waals surface area (Å²) in [6.45, 7) is 0. The fraction of sp³-hybridized carbons (Fsp3) is 0.200. The van der Waals surface area contributed by atoms with Gasteiger partial charge >= 0.3 is 0 Å². The maximum atomic E-state index is 10.5. The second-order valence-electron chi connectivity index (χ2n) is 2.68. The molecule has 3 heteroatoms. The average molecular weight is 194 g/mol. The van der Waals surface area contributed by atoms with Crippen LogP contribution in [0.3, 0.4) is 0 Å². The van der Waals surface area contributed by atoms with Gasteiger partial charge in [0.05, 0.1) is 12.5 Å². The first-order valence-corrected chi connectivity index (χ1v) is 4.23. The summed E-state index contributed by atoms with van der Waals surface area (Å²) in [5.41, 5.74) is 1.83. The van der Waals surface area contributed by atoms with E-state index in [1.54, 1.807) is 0 Å². The largest absolute Gasteiger partial charge is 0.281 e. The van der Waals surface area contributed by atoms with Crippen molar-refractivity contribution in [1.82, 2.24) is 0 Å². The third-order valence-electron chi connectivity index (χ3n) is 1.65. The van der Waals surface area contributed by atoms with Gasteiger partial charge in [-0.2, -0.15) is 5.26 Å². The molecule has 2 nitrogen and oxygen atoms in total. The molecule has 0 radical (unpaired) electrons. The molecule has 0 saturated heterocycles. The Balaban J connectivity index is 2.70. The van der Waals surface area contributed by atoms with Crippen molar-refractivity contribution < 1.29 is 4.79 Å². The number of hydrogen-bond donors (Lipinski definition) is 0. The molecule has 0 aliphatic carbocycles. The first-order valence-electron chi connectivity index (χ1n) is 3.85. The Labute approximate surface area is 81.7 Å². The Morgan fingerprint density at radius 2 is 1.85 bits per heavy atom. The molecule has 0 heterocycles. The van der Waals surface area contributed by atoms with Crippen LogP contribution in [0, 0.1) is 11.3 Å². The molecule has 0 aromatic heterocycles. The zero-order chi connectivity index (χ0) is 9.68. The highest BCUT2D eigenvalue weighted by Gasteiger charge is 1.98. The lowest BCUT2D eigenvalue weighted by Gasteiger charge is -1.97. The quantitative estimate of drug-likeness (QED) is 0.690. The van der Waals surface area contributed by atoms with Crippen molar-refractivity contribution in [3.63, 3.8) is 0 Å². The monoisotopic (exact) mass is 193 g/mol. The third-order valence-corrected chi connectivity index (χ3v) is 1.78. The predicted octanol–water partition coefficient (Wildman–Crippen LogP) is 2.06. The maximum Gasteiger partial charge on any atom is 0.226 e. The molecular weight excluding hydrogens is 186 g/mol. The van der Waals surface area contributed by atoms with E-state index in [0.717, 1.165) is 11.1 Å². The van der Waals surface area contributed by atoms with Gasteiger partial charge in [0.25, 0.3) is 0 Å². The summed E-state index contributed by atoms with van der Waals surface area (Å²) in [5, 5.41) is 8.04. The van der Waals surface area contributed by atoms with E-state index in [2.05, 4.69) is 6.07 Å². The minimum atomic E-state index is -0.368. The molecule has 0 fully saturated rings. The van der Waals surface area contributed by atoms with Crippen LogP contribution in [0.4, 0.5) is 0 Å². The van der Waals surface area contributed by atoms with Crippen molar-refractivity contribution >= 4 is 16.8 Å². The molecule has 0 aliphatic rings. The molecule has 66 valence electrons. The second kappa shape index (κ2) is 4.64. The number of hydrogen-bond acceptors (Lipinski definition) is 2. The van der Waals surface area contributed by atoms with E-state index in [1.807, 2.05) is 24.3 Å². The highest BCUT2D eigenvalue weighted by atomic mass is 35.5. The van der Waals surface area contributed by atoms with E-state index in [9.17, 15) is 4.79 Å². The number of halogens is 1. The molecule has 0 bridgehead atoms. The standard InChI is InChI=1S/C10H8ClNO/c11-10(13)7-9-3-1-8(2-4-9)5-6-12/h1-4H,5,7H2. The smallest absolute Gasteiger partial charge is 0.226 e. The van der Waals surface area contributed by atoms with Gasteiger partial charge in [-0.1, -0.05) is 24.3 Å². The maximum absolute atomic E-state index is 10.5. The Kier molecular flexibility index (Phi) is 3.48. The summed E-state index contributed by atoms with van der Waals surface area (Å²) in [6, 6.07) is 9.34. The van der Waals surface area contributed by atoms with Crippen LogP contribution in [0.15, 0.2) is 24.3 Å². The van der Waals surface area contributed by atoms with Crippen LogP contribution in [0.25, 0.3) is 0 Å². The fourth-order valence-electron chi connectivity index (χ4n) is 1.03. The van der Waals surface area contributed by atoms with Crippen molar-refractivity contribution in [1.29, 1.82) is 5.26 Å². The number of carbonyl (C=O) groups excluding carboxylic acids is 1. The van der Waals surface area contributed by atoms with E-state index in [4.69, 9.17) is 16.9 Å². The normalized spacial score (nSPS) is 9.23. The lowest BCUT2D eigenvalue weighted by atomic mass is 10.1. The molecule has 13 heavy (non-hydrogen) atoms. The minimum Gasteiger partial charge on any atom is -0.281 e. The highest BCUT2D eigenvalue weighted by molar-refractivity contribution is 6.63. The van der Waals surface area contributed by atoms with E-state index in [1.165, 1.54) is 0 Å². The molecule has 0 aliphatic heterocycles. The lowest BCUT2D eigenvalue weighted by molar-refractivity contribution is -0.111. The van der Waals surface area contributed by atoms with Gasteiger partial charge in [-0.3, -0.25) is 4.79 Å². The van der Waals surface area contributed by atoms with Crippen LogP contribution in [0.5, 0.6) is 0 Å². The average Bonchev–Trinajstić information content (AvgIpc) is 2.08. The molecule has 0 amide bonds. The highest BCUT2D eigenvalue weighted by Crippen LogP contribution is 2.06. The van der Waals surface area contributed by atoms with Crippen LogP contribution < -0.4 is 0 Å². The van der Waals surface area contributed by atoms with E-state index < -0.39 is 0 Å². The van der Waals surface area contributed by atoms with Crippen LogP contribution in [-0.4, -0.2) is 5.24 Å². The van der Waals surface area contributed by atoms with Crippen molar-refractivity contribution in [2.75, 3.05) is 0 Å². The van der Waals surface area contributed by atoms with Gasteiger partial charge in [0.15, 0.2) is 0 Å². The lowest BCUT2D eigenvalue weighted by Crippen LogP contribution is -1.93. The Bertz CT molecular complexity index is 337. The summed E-state index contributed by atoms with van der Waals surface area (Å²) < 4.78 is 0. The number of rotatable bonds is 3. The molecule has 0 unspecified atom stereocenters. The molecule has 0 saturated carbocycles. The summed E-state index contributed by atoms with van der Waals surface area (Å²) in [4.78, 5) is 10.5. The Hall–Kier alpha value is -1.33. The molecule has 0 spiro atoms. The van der Waals surface area contributed by atoms with Gasteiger partial charge in [-0.25, -0.2) is 0 Å². The van der Waals surface area contributed by atoms with Crippen molar-refractivity contribution in [2.24, 2.45) is 0 Å². The number of carbonyl (C=O) groups is 1. The summed E-state index contributed by atoms with van der Waals surface area (Å²) in [6.07, 6.45) is 0.642. The molecule has 0 N–H and O–H groups in total. The van der Waals surface area contributed by atoms with Crippen LogP contribution in [0.1, 0.15) is 11.1 Å². The first kappa shape index (κ1) is 9.76. The van der Waals surface area contributed by atoms with Crippen molar-refractivity contribution in [3.8, 4) is 6.07 Å². The molecular formula is C10H8ClNO. The zero-order valence-electron chi connectivity index (χ0n) is 6.96. The van der Waals surface area contributed by atoms with E-state index in [0.29, 0.717) is 6.42 Å². The predicted molar refractivity (Wildman–Crippen MR) is 50.3 cm³/mol. The molecule has 1 aromatic rings. The van der Waals surface area contributed by atoms with Crippen LogP contribution in [-0.2, 0) is 17.6 Å². The molecule has 0 atom stereocenters. The van der Waals surface area contributed by atoms with Gasteiger partial charge in [-0.05, 0) is 22.7 Å². The van der Waals surface area contributed by atoms with Crippen molar-refractivity contribution in [3.05, 3.63) is 35.4 Å². The van der Waals surface area contributed by atoms with Crippen molar-refractivity contribution in [2.45, 2.75) is 12.8 Å². The topological polar surface area (TPSA) is 40.9 Å². The van der Waals surface area contributed by atoms with E-state index in [-0.39, 0.29) is 11.7 Å². The first-order chi connectivity index (χ1) is 6.22. The van der Waals surface area contributed by atoms with Gasteiger partial charge in [0.2, 0.25) is 5.24 Å². The van der Waals surface area contributed by atoms with Gasteiger partial charge in [-0.15, -0.1) is 0 Å². The number of benzene rings is 1. The van der Waals surface area contributed by atoms with Gasteiger partial charge < -0.3 is 0 Å². The summed E-state index contributed by atoms with van der Waals surface area (Å²) >= 11 is 5.22. The third kappa shape index (κ3) is 3.27. The Morgan fingerprint density at radius 1 is 1.31 bits per heavy atom. The van der Waals surface area contributed by atoms with Crippen LogP contribution >= 0.6 is 11.6 Å². The van der Waals surface area contributed by atoms with Gasteiger partial charge in [0.1, 0.15) is 0 Å². The molecule has 1 rings (SSSR count). The number of nitriles is 1. The summed E-state index contributed by atoms with van der Waals surface area (Å²) in [7, 11) is 0. The summed E-state index contributed by atoms with van der Waals surface area (Å²) in [5.74, 6) is 0. The van der Waals surface area contributed by atoms with E-state index >= 15 is 0 Å². The fourth-order valence-corrected chi connectivity index (χ4v) is 1.18. The second-order valence-corrected chi connectivity index (χ2v) is 3.10. The van der Waals surface area contributed by atoms with Crippen LogP contribution in [0.2, 0.25) is 0 Å². The Morgan fingerprint density at radius 3 is 2.31 bits per heavy atom. The minimum absolute atomic E-state index is 0.244. The molecule has 1 aromatic carbocycles. The van der Waals surface area contributed by atoms with Gasteiger partial charge in [0, 0.05) is 6.42 Å².